The Kier molecular flexibility index (Phi) is 10.1. The molecule has 0 amide bonds. The van der Waals surface area contributed by atoms with Gasteiger partial charge in [0, 0.05) is 35.6 Å². The molecule has 0 saturated carbocycles. The Morgan fingerprint density at radius 3 is 2.23 bits per heavy atom. The summed E-state index contributed by atoms with van der Waals surface area (Å²) in [6.07, 6.45) is 1.33. The number of nitrogens with one attached hydrogen (secondary N) is 2. The average molecular weight is 405 g/mol. The van der Waals surface area contributed by atoms with Gasteiger partial charge in [-0.25, -0.2) is 9.97 Å². The van der Waals surface area contributed by atoms with E-state index in [2.05, 4.69) is 15.3 Å². The van der Waals surface area contributed by atoms with Crippen molar-refractivity contribution in [3.8, 4) is 11.3 Å². The van der Waals surface area contributed by atoms with E-state index in [-0.39, 0.29) is 5.78 Å². The summed E-state index contributed by atoms with van der Waals surface area (Å²) in [5.41, 5.74) is 5.47. The molecule has 2 N–H and O–H groups in total. The van der Waals surface area contributed by atoms with Crippen LogP contribution in [0.2, 0.25) is 0 Å². The van der Waals surface area contributed by atoms with Crippen molar-refractivity contribution in [2.45, 2.75) is 48.5 Å². The Hall–Kier alpha value is -3.34. The number of pyridine rings is 2. The first-order valence-electron chi connectivity index (χ1n) is 10.3. The van der Waals surface area contributed by atoms with Crippen LogP contribution in [0.15, 0.2) is 48.5 Å². The highest BCUT2D eigenvalue weighted by Crippen LogP contribution is 2.29. The van der Waals surface area contributed by atoms with Gasteiger partial charge in [-0.3, -0.25) is 4.79 Å². The predicted octanol–water partition coefficient (Wildman–Crippen LogP) is 6.76. The fourth-order valence-electron chi connectivity index (χ4n) is 2.78. The van der Waals surface area contributed by atoms with E-state index in [1.807, 2.05) is 84.0 Å². The Bertz CT molecular complexity index is 996. The van der Waals surface area contributed by atoms with Gasteiger partial charge in [0.05, 0.1) is 5.69 Å². The van der Waals surface area contributed by atoms with Gasteiger partial charge >= 0.3 is 0 Å². The van der Waals surface area contributed by atoms with Crippen molar-refractivity contribution in [1.29, 1.82) is 5.41 Å². The third-order valence-electron chi connectivity index (χ3n) is 4.09. The molecule has 158 valence electrons. The summed E-state index contributed by atoms with van der Waals surface area (Å²) in [5.74, 6) is 0.650. The average Bonchev–Trinajstić information content (AvgIpc) is 2.76. The number of rotatable bonds is 5. The zero-order chi connectivity index (χ0) is 22.7. The van der Waals surface area contributed by atoms with Crippen LogP contribution in [-0.2, 0) is 0 Å². The fraction of sp³-hybridized carbons (Fsp3) is 0.280. The van der Waals surface area contributed by atoms with Gasteiger partial charge in [-0.05, 0) is 55.8 Å². The maximum absolute atomic E-state index is 11.6. The van der Waals surface area contributed by atoms with Crippen LogP contribution in [0.5, 0.6) is 0 Å². The second kappa shape index (κ2) is 12.3. The summed E-state index contributed by atoms with van der Waals surface area (Å²) in [6.45, 7) is 13.4. The summed E-state index contributed by atoms with van der Waals surface area (Å²) in [5, 5.41) is 11.0. The summed E-state index contributed by atoms with van der Waals surface area (Å²) >= 11 is 0. The maximum Gasteiger partial charge on any atom is 0.178 e. The van der Waals surface area contributed by atoms with Crippen LogP contribution in [0.4, 0.5) is 11.5 Å². The Morgan fingerprint density at radius 1 is 0.967 bits per heavy atom. The molecule has 0 radical (unpaired) electrons. The highest BCUT2D eigenvalue weighted by molar-refractivity contribution is 5.93. The number of ketones is 1. The van der Waals surface area contributed by atoms with Crippen LogP contribution in [0.25, 0.3) is 11.3 Å². The molecule has 0 spiro atoms. The molecule has 0 aliphatic carbocycles. The van der Waals surface area contributed by atoms with Crippen molar-refractivity contribution >= 4 is 23.5 Å². The lowest BCUT2D eigenvalue weighted by Gasteiger charge is -2.14. The summed E-state index contributed by atoms with van der Waals surface area (Å²) in [7, 11) is 0. The number of hydrogen-bond donors (Lipinski definition) is 2. The Balaban J connectivity index is 0.00000106. The number of benzene rings is 1. The molecule has 30 heavy (non-hydrogen) atoms. The van der Waals surface area contributed by atoms with E-state index in [9.17, 15) is 4.79 Å². The molecule has 0 aliphatic heterocycles. The molecule has 0 atom stereocenters. The van der Waals surface area contributed by atoms with E-state index in [4.69, 9.17) is 5.41 Å². The summed E-state index contributed by atoms with van der Waals surface area (Å²) < 4.78 is 0. The zero-order valence-corrected chi connectivity index (χ0v) is 19.0. The van der Waals surface area contributed by atoms with Gasteiger partial charge in [-0.15, -0.1) is 0 Å². The number of aryl methyl sites for hydroxylation is 2. The van der Waals surface area contributed by atoms with Crippen molar-refractivity contribution in [3.05, 3.63) is 71.0 Å². The lowest BCUT2D eigenvalue weighted by atomic mass is 10.0. The number of Topliss-reactive ketones (excluding diaryl/α,β-unsaturated/α-hetero) is 1. The normalized spacial score (nSPS) is 9.43. The SMILES string of the molecule is CC.CC.CC(=O)c1cccc(-c2cc(C)c(C=N)c(Nc3cccc(C)n3)c2)n1. The van der Waals surface area contributed by atoms with E-state index >= 15 is 0 Å². The first-order chi connectivity index (χ1) is 14.5. The molecule has 5 nitrogen and oxygen atoms in total. The molecule has 0 bridgehead atoms. The number of hydrogen-bond acceptors (Lipinski definition) is 5. The standard InChI is InChI=1S/C21H20N4O.2C2H6/c1-13-10-16(19-8-5-7-18(24-19)15(3)26)11-20(17(13)12-22)25-21-9-4-6-14(2)23-21;2*1-2/h4-12,22H,1-3H3,(H,23,25);2*1-2H3. The number of anilines is 2. The van der Waals surface area contributed by atoms with Gasteiger partial charge in [-0.2, -0.15) is 0 Å². The first-order valence-corrected chi connectivity index (χ1v) is 10.3. The lowest BCUT2D eigenvalue weighted by Crippen LogP contribution is -2.02. The zero-order valence-electron chi connectivity index (χ0n) is 19.0. The van der Waals surface area contributed by atoms with Crippen molar-refractivity contribution in [2.24, 2.45) is 0 Å². The van der Waals surface area contributed by atoms with E-state index in [0.717, 1.165) is 39.6 Å². The van der Waals surface area contributed by atoms with E-state index in [1.54, 1.807) is 6.07 Å². The molecule has 5 heteroatoms. The molecule has 0 unspecified atom stereocenters. The highest BCUT2D eigenvalue weighted by atomic mass is 16.1. The van der Waals surface area contributed by atoms with Crippen molar-refractivity contribution in [2.75, 3.05) is 5.32 Å². The largest absolute Gasteiger partial charge is 0.340 e. The van der Waals surface area contributed by atoms with Gasteiger partial charge in [0.2, 0.25) is 0 Å². The van der Waals surface area contributed by atoms with Gasteiger partial charge in [0.1, 0.15) is 11.5 Å². The number of aromatic nitrogens is 2. The van der Waals surface area contributed by atoms with Gasteiger partial charge in [0.25, 0.3) is 0 Å². The van der Waals surface area contributed by atoms with Crippen LogP contribution in [-0.4, -0.2) is 22.0 Å². The van der Waals surface area contributed by atoms with Crippen molar-refractivity contribution in [3.63, 3.8) is 0 Å². The summed E-state index contributed by atoms with van der Waals surface area (Å²) in [6, 6.07) is 15.1. The van der Waals surface area contributed by atoms with E-state index in [0.29, 0.717) is 5.69 Å². The Labute approximate surface area is 180 Å². The second-order valence-electron chi connectivity index (χ2n) is 6.15. The maximum atomic E-state index is 11.6. The molecule has 0 fully saturated rings. The number of carbonyl (C=O) groups is 1. The quantitative estimate of drug-likeness (QED) is 0.364. The summed E-state index contributed by atoms with van der Waals surface area (Å²) in [4.78, 5) is 20.5. The fourth-order valence-corrected chi connectivity index (χ4v) is 2.78. The van der Waals surface area contributed by atoms with Gasteiger partial charge in [-0.1, -0.05) is 39.8 Å². The molecule has 0 aliphatic rings. The van der Waals surface area contributed by atoms with Crippen LogP contribution >= 0.6 is 0 Å². The number of nitrogens with zero attached hydrogens (tertiary/aromatic N) is 2. The van der Waals surface area contributed by atoms with Crippen LogP contribution < -0.4 is 5.32 Å². The Morgan fingerprint density at radius 2 is 1.63 bits per heavy atom. The molecule has 3 aromatic rings. The smallest absolute Gasteiger partial charge is 0.178 e. The number of carbonyl (C=O) groups excluding carboxylic acids is 1. The minimum Gasteiger partial charge on any atom is -0.340 e. The first kappa shape index (κ1) is 24.7. The second-order valence-corrected chi connectivity index (χ2v) is 6.15. The van der Waals surface area contributed by atoms with E-state index in [1.165, 1.54) is 13.1 Å². The van der Waals surface area contributed by atoms with Crippen LogP contribution in [0.3, 0.4) is 0 Å². The van der Waals surface area contributed by atoms with Crippen LogP contribution in [0.1, 0.15) is 61.9 Å². The molecule has 0 saturated heterocycles. The van der Waals surface area contributed by atoms with Gasteiger partial charge < -0.3 is 10.7 Å². The predicted molar refractivity (Wildman–Crippen MR) is 127 cm³/mol. The van der Waals surface area contributed by atoms with Crippen molar-refractivity contribution in [1.82, 2.24) is 9.97 Å². The molecule has 1 aromatic carbocycles. The molecule has 2 heterocycles. The molecule has 2 aromatic heterocycles. The highest BCUT2D eigenvalue weighted by Gasteiger charge is 2.11. The lowest BCUT2D eigenvalue weighted by molar-refractivity contribution is 0.101. The topological polar surface area (TPSA) is 78.7 Å². The molecular weight excluding hydrogens is 372 g/mol. The van der Waals surface area contributed by atoms with Gasteiger partial charge in [0.15, 0.2) is 5.78 Å². The molecular formula is C25H32N4O. The minimum absolute atomic E-state index is 0.0676. The third-order valence-corrected chi connectivity index (χ3v) is 4.09. The molecule has 3 rings (SSSR count). The minimum atomic E-state index is -0.0676. The van der Waals surface area contributed by atoms with E-state index < -0.39 is 0 Å². The monoisotopic (exact) mass is 404 g/mol. The third kappa shape index (κ3) is 6.34. The van der Waals surface area contributed by atoms with Crippen molar-refractivity contribution < 1.29 is 4.79 Å². The van der Waals surface area contributed by atoms with Crippen LogP contribution in [0, 0.1) is 19.3 Å².